The molecule has 0 fully saturated rings. The Kier molecular flexibility index (Phi) is 7.22. The number of hydrogen-bond acceptors (Lipinski definition) is 4. The molecule has 29 heavy (non-hydrogen) atoms. The molecule has 0 bridgehead atoms. The van der Waals surface area contributed by atoms with Gasteiger partial charge in [-0.25, -0.2) is 4.39 Å². The summed E-state index contributed by atoms with van der Waals surface area (Å²) in [5, 5.41) is 10.7. The Morgan fingerprint density at radius 1 is 0.828 bits per heavy atom. The third kappa shape index (κ3) is 5.79. The number of nitrogens with zero attached hydrogens (tertiary/aromatic N) is 1. The van der Waals surface area contributed by atoms with Crippen LogP contribution < -0.4 is 9.47 Å². The number of hydrogen-bond donors (Lipinski definition) is 1. The van der Waals surface area contributed by atoms with Gasteiger partial charge in [-0.15, -0.1) is 0 Å². The van der Waals surface area contributed by atoms with Gasteiger partial charge in [0.25, 0.3) is 0 Å². The highest BCUT2D eigenvalue weighted by molar-refractivity contribution is 5.42. The molecule has 0 heterocycles. The van der Waals surface area contributed by atoms with Gasteiger partial charge in [0.05, 0.1) is 20.3 Å². The van der Waals surface area contributed by atoms with Crippen molar-refractivity contribution in [3.8, 4) is 11.5 Å². The summed E-state index contributed by atoms with van der Waals surface area (Å²) < 4.78 is 24.0. The van der Waals surface area contributed by atoms with Gasteiger partial charge in [0.2, 0.25) is 0 Å². The minimum Gasteiger partial charge on any atom is -0.493 e. The van der Waals surface area contributed by atoms with E-state index in [1.165, 1.54) is 12.1 Å². The molecule has 0 radical (unpaired) electrons. The highest BCUT2D eigenvalue weighted by Gasteiger charge is 2.16. The zero-order valence-corrected chi connectivity index (χ0v) is 16.7. The van der Waals surface area contributed by atoms with E-state index in [-0.39, 0.29) is 5.82 Å². The second-order valence-electron chi connectivity index (χ2n) is 6.91. The Morgan fingerprint density at radius 2 is 1.45 bits per heavy atom. The minimum atomic E-state index is -0.628. The quantitative estimate of drug-likeness (QED) is 0.576. The molecule has 5 heteroatoms. The van der Waals surface area contributed by atoms with Crippen LogP contribution in [-0.2, 0) is 13.1 Å². The fourth-order valence-electron chi connectivity index (χ4n) is 3.30. The van der Waals surface area contributed by atoms with Gasteiger partial charge in [0, 0.05) is 19.6 Å². The van der Waals surface area contributed by atoms with Crippen molar-refractivity contribution in [2.45, 2.75) is 19.2 Å². The number of methoxy groups -OCH3 is 2. The lowest BCUT2D eigenvalue weighted by Gasteiger charge is -2.26. The van der Waals surface area contributed by atoms with Crippen molar-refractivity contribution >= 4 is 0 Å². The molecule has 0 saturated carbocycles. The van der Waals surface area contributed by atoms with Crippen LogP contribution in [0, 0.1) is 5.82 Å². The van der Waals surface area contributed by atoms with E-state index in [4.69, 9.17) is 9.47 Å². The smallest absolute Gasteiger partial charge is 0.161 e. The second kappa shape index (κ2) is 10.0. The average Bonchev–Trinajstić information content (AvgIpc) is 2.75. The van der Waals surface area contributed by atoms with Crippen LogP contribution in [0.25, 0.3) is 0 Å². The first-order chi connectivity index (χ1) is 14.1. The molecule has 1 N–H and O–H groups in total. The van der Waals surface area contributed by atoms with E-state index in [2.05, 4.69) is 4.90 Å². The fourth-order valence-corrected chi connectivity index (χ4v) is 3.30. The van der Waals surface area contributed by atoms with E-state index < -0.39 is 6.10 Å². The maximum absolute atomic E-state index is 13.3. The monoisotopic (exact) mass is 395 g/mol. The van der Waals surface area contributed by atoms with Gasteiger partial charge >= 0.3 is 0 Å². The van der Waals surface area contributed by atoms with E-state index in [0.717, 1.165) is 16.7 Å². The number of rotatable bonds is 9. The molecule has 0 aromatic heterocycles. The highest BCUT2D eigenvalue weighted by atomic mass is 19.1. The van der Waals surface area contributed by atoms with Crippen LogP contribution in [-0.4, -0.2) is 30.8 Å². The van der Waals surface area contributed by atoms with Crippen LogP contribution in [0.2, 0.25) is 0 Å². The molecular weight excluding hydrogens is 369 g/mol. The van der Waals surface area contributed by atoms with Crippen LogP contribution in [0.4, 0.5) is 4.39 Å². The average molecular weight is 395 g/mol. The van der Waals surface area contributed by atoms with E-state index in [0.29, 0.717) is 31.1 Å². The minimum absolute atomic E-state index is 0.260. The zero-order chi connectivity index (χ0) is 20.6. The first-order valence-corrected chi connectivity index (χ1v) is 9.49. The number of ether oxygens (including phenoxy) is 2. The predicted molar refractivity (Wildman–Crippen MR) is 111 cm³/mol. The molecule has 0 amide bonds. The second-order valence-corrected chi connectivity index (χ2v) is 6.91. The molecule has 0 aliphatic carbocycles. The lowest BCUT2D eigenvalue weighted by atomic mass is 10.1. The van der Waals surface area contributed by atoms with Crippen molar-refractivity contribution in [3.63, 3.8) is 0 Å². The summed E-state index contributed by atoms with van der Waals surface area (Å²) in [7, 11) is 3.21. The Bertz CT molecular complexity index is 900. The maximum atomic E-state index is 13.3. The summed E-state index contributed by atoms with van der Waals surface area (Å²) in [5.74, 6) is 1.07. The predicted octanol–water partition coefficient (Wildman–Crippen LogP) is 4.58. The molecule has 0 spiro atoms. The Morgan fingerprint density at radius 3 is 2.10 bits per heavy atom. The number of aliphatic hydroxyl groups excluding tert-OH is 1. The van der Waals surface area contributed by atoms with E-state index in [9.17, 15) is 9.50 Å². The van der Waals surface area contributed by atoms with Gasteiger partial charge < -0.3 is 14.6 Å². The molecule has 0 aliphatic heterocycles. The molecule has 4 nitrogen and oxygen atoms in total. The lowest BCUT2D eigenvalue weighted by molar-refractivity contribution is 0.105. The van der Waals surface area contributed by atoms with Crippen LogP contribution in [0.3, 0.4) is 0 Å². The van der Waals surface area contributed by atoms with Crippen molar-refractivity contribution < 1.29 is 19.0 Å². The molecule has 1 atom stereocenters. The first kappa shape index (κ1) is 20.8. The third-order valence-corrected chi connectivity index (χ3v) is 4.79. The fraction of sp³-hybridized carbons (Fsp3) is 0.250. The van der Waals surface area contributed by atoms with Gasteiger partial charge in [-0.1, -0.05) is 48.5 Å². The van der Waals surface area contributed by atoms with E-state index in [1.807, 2.05) is 48.5 Å². The molecule has 3 aromatic carbocycles. The van der Waals surface area contributed by atoms with Gasteiger partial charge in [0.1, 0.15) is 5.82 Å². The van der Waals surface area contributed by atoms with Crippen molar-refractivity contribution in [3.05, 3.63) is 95.3 Å². The molecule has 152 valence electrons. The third-order valence-electron chi connectivity index (χ3n) is 4.79. The summed E-state index contributed by atoms with van der Waals surface area (Å²) in [6.07, 6.45) is -0.628. The van der Waals surface area contributed by atoms with E-state index >= 15 is 0 Å². The highest BCUT2D eigenvalue weighted by Crippen LogP contribution is 2.28. The number of benzene rings is 3. The SMILES string of the molecule is COc1ccc(CN(Cc2ccc(F)cc2)CC(O)c2ccccc2)cc1OC. The van der Waals surface area contributed by atoms with Crippen molar-refractivity contribution in [1.29, 1.82) is 0 Å². The van der Waals surface area contributed by atoms with Crippen LogP contribution in [0.15, 0.2) is 72.8 Å². The van der Waals surface area contributed by atoms with Gasteiger partial charge in [-0.3, -0.25) is 4.90 Å². The summed E-state index contributed by atoms with van der Waals surface area (Å²) in [6.45, 7) is 1.62. The molecular formula is C24H26FNO3. The Hall–Kier alpha value is -2.89. The maximum Gasteiger partial charge on any atom is 0.161 e. The standard InChI is InChI=1S/C24H26FNO3/c1-28-23-13-10-19(14-24(23)29-2)16-26(15-18-8-11-21(25)12-9-18)17-22(27)20-6-4-3-5-7-20/h3-14,22,27H,15-17H2,1-2H3. The number of halogens is 1. The van der Waals surface area contributed by atoms with Gasteiger partial charge in [-0.05, 0) is 41.0 Å². The lowest BCUT2D eigenvalue weighted by Crippen LogP contribution is -2.28. The van der Waals surface area contributed by atoms with Crippen LogP contribution >= 0.6 is 0 Å². The van der Waals surface area contributed by atoms with Crippen molar-refractivity contribution in [2.75, 3.05) is 20.8 Å². The first-order valence-electron chi connectivity index (χ1n) is 9.49. The summed E-state index contributed by atoms with van der Waals surface area (Å²) in [5.41, 5.74) is 2.88. The van der Waals surface area contributed by atoms with Crippen molar-refractivity contribution in [2.24, 2.45) is 0 Å². The summed E-state index contributed by atoms with van der Waals surface area (Å²) in [4.78, 5) is 2.13. The molecule has 0 aliphatic rings. The molecule has 1 unspecified atom stereocenters. The molecule has 3 rings (SSSR count). The van der Waals surface area contributed by atoms with Crippen molar-refractivity contribution in [1.82, 2.24) is 4.90 Å². The summed E-state index contributed by atoms with van der Waals surface area (Å²) >= 11 is 0. The molecule has 0 saturated heterocycles. The van der Waals surface area contributed by atoms with E-state index in [1.54, 1.807) is 26.4 Å². The van der Waals surface area contributed by atoms with Crippen LogP contribution in [0.5, 0.6) is 11.5 Å². The number of aliphatic hydroxyl groups is 1. The van der Waals surface area contributed by atoms with Gasteiger partial charge in [-0.2, -0.15) is 0 Å². The van der Waals surface area contributed by atoms with Gasteiger partial charge in [0.15, 0.2) is 11.5 Å². The Balaban J connectivity index is 1.80. The molecule has 3 aromatic rings. The normalized spacial score (nSPS) is 12.0. The van der Waals surface area contributed by atoms with Crippen LogP contribution in [0.1, 0.15) is 22.8 Å². The summed E-state index contributed by atoms with van der Waals surface area (Å²) in [6, 6.07) is 21.8. The zero-order valence-electron chi connectivity index (χ0n) is 16.7. The topological polar surface area (TPSA) is 41.9 Å². The largest absolute Gasteiger partial charge is 0.493 e. The Labute approximate surface area is 171 Å².